The number of H-pyrrole nitrogens is 2. The van der Waals surface area contributed by atoms with Crippen LogP contribution in [0, 0.1) is 11.8 Å². The van der Waals surface area contributed by atoms with Crippen molar-refractivity contribution in [3.8, 4) is 22.5 Å². The Hall–Kier alpha value is -5.91. The molecule has 0 unspecified atom stereocenters. The fourth-order valence-electron chi connectivity index (χ4n) is 10.1. The Kier molecular flexibility index (Phi) is 13.0. The highest BCUT2D eigenvalue weighted by molar-refractivity contribution is 5.86. The van der Waals surface area contributed by atoms with Gasteiger partial charge in [0.05, 0.1) is 54.1 Å². The molecule has 3 aromatic carbocycles. The number of amides is 3. The molecule has 3 amide bonds. The molecule has 5 atom stereocenters. The second-order valence-corrected chi connectivity index (χ2v) is 19.9. The van der Waals surface area contributed by atoms with E-state index < -0.39 is 12.1 Å². The number of aromatic amines is 2. The standard InChI is InChI=1S/C52H66N8O4/c1-32(2)29-48(61)58-27-9-11-46(58)42-30-40(54-56-42)34-13-17-36(18-14-34)44-25-26-45(60(44)39-23-21-38(22-24-39)52(5,6)7)37-19-15-35(16-20-37)41-31-43(57-55-41)47-12-10-28-59(47)50(62)49(33(3)4)53-51(63)64-8/h13-24,30-33,44-47,49H,9-12,25-29H2,1-8H3,(H,53,63)(H,54,56)(H,55,57)/t44-,45-,46-,47-,49-/m0/s1. The van der Waals surface area contributed by atoms with Crippen molar-refractivity contribution in [2.75, 3.05) is 25.1 Å². The predicted molar refractivity (Wildman–Crippen MR) is 251 cm³/mol. The summed E-state index contributed by atoms with van der Waals surface area (Å²) < 4.78 is 4.81. The van der Waals surface area contributed by atoms with Crippen molar-refractivity contribution in [1.29, 1.82) is 0 Å². The zero-order valence-corrected chi connectivity index (χ0v) is 38.9. The third-order valence-electron chi connectivity index (χ3n) is 13.6. The first-order valence-corrected chi connectivity index (χ1v) is 23.3. The summed E-state index contributed by atoms with van der Waals surface area (Å²) in [4.78, 5) is 45.4. The number of anilines is 1. The van der Waals surface area contributed by atoms with Crippen molar-refractivity contribution in [1.82, 2.24) is 35.5 Å². The summed E-state index contributed by atoms with van der Waals surface area (Å²) in [6.07, 6.45) is 5.62. The Labute approximate surface area is 378 Å². The van der Waals surface area contributed by atoms with Crippen LogP contribution in [0.3, 0.4) is 0 Å². The minimum atomic E-state index is -0.675. The lowest BCUT2D eigenvalue weighted by atomic mass is 9.87. The predicted octanol–water partition coefficient (Wildman–Crippen LogP) is 10.6. The van der Waals surface area contributed by atoms with Crippen LogP contribution in [0.5, 0.6) is 0 Å². The molecule has 0 saturated carbocycles. The van der Waals surface area contributed by atoms with Crippen molar-refractivity contribution in [2.24, 2.45) is 11.8 Å². The van der Waals surface area contributed by atoms with Crippen molar-refractivity contribution >= 4 is 23.6 Å². The van der Waals surface area contributed by atoms with Crippen molar-refractivity contribution in [3.63, 3.8) is 0 Å². The van der Waals surface area contributed by atoms with Crippen LogP contribution in [-0.4, -0.2) is 74.3 Å². The van der Waals surface area contributed by atoms with Gasteiger partial charge >= 0.3 is 6.09 Å². The molecule has 2 aromatic heterocycles. The van der Waals surface area contributed by atoms with Gasteiger partial charge in [0.25, 0.3) is 0 Å². The molecule has 64 heavy (non-hydrogen) atoms. The van der Waals surface area contributed by atoms with Crippen molar-refractivity contribution in [2.45, 2.75) is 129 Å². The average Bonchev–Trinajstić information content (AvgIpc) is 4.14. The monoisotopic (exact) mass is 867 g/mol. The summed E-state index contributed by atoms with van der Waals surface area (Å²) >= 11 is 0. The van der Waals surface area contributed by atoms with Gasteiger partial charge < -0.3 is 24.8 Å². The van der Waals surface area contributed by atoms with E-state index in [4.69, 9.17) is 14.9 Å². The van der Waals surface area contributed by atoms with Crippen LogP contribution >= 0.6 is 0 Å². The summed E-state index contributed by atoms with van der Waals surface area (Å²) in [6.45, 7) is 16.2. The van der Waals surface area contributed by atoms with Gasteiger partial charge in [-0.15, -0.1) is 0 Å². The molecule has 0 aliphatic carbocycles. The van der Waals surface area contributed by atoms with Gasteiger partial charge in [0.2, 0.25) is 11.8 Å². The molecular formula is C52H66N8O4. The molecule has 338 valence electrons. The van der Waals surface area contributed by atoms with Gasteiger partial charge in [-0.2, -0.15) is 10.2 Å². The molecule has 12 heteroatoms. The number of likely N-dealkylation sites (tertiary alicyclic amines) is 2. The fourth-order valence-corrected chi connectivity index (χ4v) is 10.1. The van der Waals surface area contributed by atoms with E-state index in [1.165, 1.54) is 29.5 Å². The molecule has 0 radical (unpaired) electrons. The fraction of sp³-hybridized carbons (Fsp3) is 0.481. The molecule has 3 fully saturated rings. The first kappa shape index (κ1) is 44.7. The first-order valence-electron chi connectivity index (χ1n) is 23.3. The third kappa shape index (κ3) is 9.33. The van der Waals surface area contributed by atoms with Crippen LogP contribution in [0.2, 0.25) is 0 Å². The van der Waals surface area contributed by atoms with Crippen molar-refractivity contribution < 1.29 is 19.1 Å². The Balaban J connectivity index is 1.01. The van der Waals surface area contributed by atoms with Gasteiger partial charge in [0, 0.05) is 36.3 Å². The largest absolute Gasteiger partial charge is 0.453 e. The van der Waals surface area contributed by atoms with Crippen LogP contribution in [0.4, 0.5) is 10.5 Å². The molecule has 3 aliphatic rings. The van der Waals surface area contributed by atoms with Crippen LogP contribution < -0.4 is 10.2 Å². The van der Waals surface area contributed by atoms with E-state index in [1.54, 1.807) is 0 Å². The normalized spacial score (nSPS) is 20.7. The van der Waals surface area contributed by atoms with Crippen LogP contribution in [0.15, 0.2) is 84.9 Å². The van der Waals surface area contributed by atoms with Gasteiger partial charge in [-0.3, -0.25) is 19.8 Å². The summed E-state index contributed by atoms with van der Waals surface area (Å²) in [5, 5.41) is 18.7. The summed E-state index contributed by atoms with van der Waals surface area (Å²) in [6, 6.07) is 30.6. The zero-order chi connectivity index (χ0) is 45.3. The highest BCUT2D eigenvalue weighted by Crippen LogP contribution is 2.48. The summed E-state index contributed by atoms with van der Waals surface area (Å²) in [5.74, 6) is 0.355. The number of aromatic nitrogens is 4. The smallest absolute Gasteiger partial charge is 0.407 e. The SMILES string of the molecule is COC(=O)N[C@H](C(=O)N1CCC[C@H]1c1cc(-c2ccc([C@@H]3CC[C@@H](c4ccc(-c5cc([C@@H]6CCCN6C(=O)CC(C)C)[nH]n5)cc4)N3c3ccc(C(C)(C)C)cc3)cc2)n[nH]1)C(C)C. The minimum absolute atomic E-state index is 0.0493. The summed E-state index contributed by atoms with van der Waals surface area (Å²) in [5.41, 5.74) is 10.8. The molecule has 5 heterocycles. The van der Waals surface area contributed by atoms with Gasteiger partial charge in [-0.05, 0) is 96.7 Å². The van der Waals surface area contributed by atoms with E-state index >= 15 is 0 Å². The molecule has 12 nitrogen and oxygen atoms in total. The third-order valence-corrected chi connectivity index (χ3v) is 13.6. The van der Waals surface area contributed by atoms with Gasteiger partial charge in [0.15, 0.2) is 0 Å². The van der Waals surface area contributed by atoms with Gasteiger partial charge in [-0.1, -0.05) is 109 Å². The molecule has 3 N–H and O–H groups in total. The number of hydrogen-bond donors (Lipinski definition) is 3. The molecule has 0 spiro atoms. The Morgan fingerprint density at radius 1 is 0.703 bits per heavy atom. The van der Waals surface area contributed by atoms with E-state index in [1.807, 2.05) is 23.6 Å². The molecule has 3 aliphatic heterocycles. The van der Waals surface area contributed by atoms with Gasteiger partial charge in [-0.25, -0.2) is 4.79 Å². The number of methoxy groups -OCH3 is 1. The zero-order valence-electron chi connectivity index (χ0n) is 38.9. The highest BCUT2D eigenvalue weighted by atomic mass is 16.5. The van der Waals surface area contributed by atoms with Gasteiger partial charge in [0.1, 0.15) is 6.04 Å². The Morgan fingerprint density at radius 2 is 1.20 bits per heavy atom. The Bertz CT molecular complexity index is 2390. The molecular weight excluding hydrogens is 801 g/mol. The number of nitrogens with one attached hydrogen (secondary N) is 3. The average molecular weight is 867 g/mol. The van der Waals surface area contributed by atoms with Crippen molar-refractivity contribution in [3.05, 3.63) is 113 Å². The Morgan fingerprint density at radius 3 is 1.67 bits per heavy atom. The lowest BCUT2D eigenvalue weighted by Crippen LogP contribution is -2.51. The number of benzene rings is 3. The number of alkyl carbamates (subject to hydrolysis) is 1. The van der Waals surface area contributed by atoms with Crippen LogP contribution in [0.25, 0.3) is 22.5 Å². The molecule has 3 saturated heterocycles. The maximum atomic E-state index is 13.7. The van der Waals surface area contributed by atoms with E-state index in [9.17, 15) is 14.4 Å². The lowest BCUT2D eigenvalue weighted by Gasteiger charge is -2.34. The maximum absolute atomic E-state index is 13.7. The number of nitrogens with zero attached hydrogens (tertiary/aromatic N) is 5. The minimum Gasteiger partial charge on any atom is -0.453 e. The number of ether oxygens (including phenoxy) is 1. The first-order chi connectivity index (χ1) is 30.7. The highest BCUT2D eigenvalue weighted by Gasteiger charge is 2.38. The second-order valence-electron chi connectivity index (χ2n) is 19.9. The van der Waals surface area contributed by atoms with E-state index in [2.05, 4.69) is 140 Å². The number of carbonyl (C=O) groups is 3. The molecule has 8 rings (SSSR count). The lowest BCUT2D eigenvalue weighted by molar-refractivity contribution is -0.135. The van der Waals surface area contributed by atoms with Crippen LogP contribution in [-0.2, 0) is 19.7 Å². The molecule has 5 aromatic rings. The summed E-state index contributed by atoms with van der Waals surface area (Å²) in [7, 11) is 1.31. The number of carbonyl (C=O) groups excluding carboxylic acids is 3. The van der Waals surface area contributed by atoms with E-state index in [-0.39, 0.29) is 47.3 Å². The molecule has 0 bridgehead atoms. The topological polar surface area (TPSA) is 140 Å². The van der Waals surface area contributed by atoms with E-state index in [0.717, 1.165) is 79.0 Å². The van der Waals surface area contributed by atoms with E-state index in [0.29, 0.717) is 18.9 Å². The number of hydrogen-bond acceptors (Lipinski definition) is 7. The number of rotatable bonds is 12. The second kappa shape index (κ2) is 18.7. The van der Waals surface area contributed by atoms with Crippen LogP contribution in [0.1, 0.15) is 146 Å². The quantitative estimate of drug-likeness (QED) is 0.113. The maximum Gasteiger partial charge on any atom is 0.407 e.